The van der Waals surface area contributed by atoms with Crippen LogP contribution in [0.4, 0.5) is 5.82 Å². The fourth-order valence-electron chi connectivity index (χ4n) is 1.40. The van der Waals surface area contributed by atoms with Crippen molar-refractivity contribution in [3.05, 3.63) is 11.8 Å². The zero-order chi connectivity index (χ0) is 11.7. The van der Waals surface area contributed by atoms with Gasteiger partial charge in [0.25, 0.3) is 5.91 Å². The summed E-state index contributed by atoms with van der Waals surface area (Å²) >= 11 is 5.62. The van der Waals surface area contributed by atoms with E-state index in [0.717, 1.165) is 4.68 Å². The summed E-state index contributed by atoms with van der Waals surface area (Å²) < 4.78 is 5.64. The molecule has 0 aliphatic carbocycles. The molecule has 0 bridgehead atoms. The molecule has 2 heterocycles. The van der Waals surface area contributed by atoms with Crippen LogP contribution in [0.5, 0.6) is 0 Å². The second-order valence-electron chi connectivity index (χ2n) is 3.17. The molecule has 1 aromatic heterocycles. The summed E-state index contributed by atoms with van der Waals surface area (Å²) in [5.74, 6) is -0.486. The molecular formula is C9H8ClN3O3. The molecule has 0 atom stereocenters. The Morgan fingerprint density at radius 1 is 1.69 bits per heavy atom. The number of rotatable bonds is 2. The molecule has 0 unspecified atom stereocenters. The maximum Gasteiger partial charge on any atom is 0.343 e. The van der Waals surface area contributed by atoms with Crippen molar-refractivity contribution in [2.75, 3.05) is 13.0 Å². The highest BCUT2D eigenvalue weighted by Gasteiger charge is 2.26. The number of fused-ring (bicyclic) bond motifs is 1. The second-order valence-corrected chi connectivity index (χ2v) is 3.43. The Balaban J connectivity index is 2.53. The summed E-state index contributed by atoms with van der Waals surface area (Å²) in [5, 5.41) is 3.79. The van der Waals surface area contributed by atoms with Crippen LogP contribution in [-0.2, 0) is 4.74 Å². The van der Waals surface area contributed by atoms with E-state index in [4.69, 9.17) is 11.6 Å². The first kappa shape index (κ1) is 10.8. The van der Waals surface area contributed by atoms with Crippen LogP contribution in [-0.4, -0.2) is 40.4 Å². The van der Waals surface area contributed by atoms with E-state index in [2.05, 4.69) is 14.8 Å². The van der Waals surface area contributed by atoms with Crippen LogP contribution in [0.25, 0.3) is 0 Å². The molecule has 1 aliphatic heterocycles. The van der Waals surface area contributed by atoms with Gasteiger partial charge in [-0.05, 0) is 0 Å². The number of methoxy groups -OCH3 is 1. The number of halogens is 1. The van der Waals surface area contributed by atoms with E-state index in [9.17, 15) is 9.59 Å². The van der Waals surface area contributed by atoms with Gasteiger partial charge < -0.3 is 4.74 Å². The van der Waals surface area contributed by atoms with Crippen molar-refractivity contribution in [2.45, 2.75) is 6.42 Å². The number of aliphatic imine (C=N–C) groups is 1. The monoisotopic (exact) mass is 241 g/mol. The molecule has 1 aromatic rings. The highest BCUT2D eigenvalue weighted by atomic mass is 35.5. The Morgan fingerprint density at radius 3 is 3.06 bits per heavy atom. The number of nitrogens with zero attached hydrogens (tertiary/aromatic N) is 3. The maximum atomic E-state index is 11.6. The number of hydrogen-bond acceptors (Lipinski definition) is 5. The fraction of sp³-hybridized carbons (Fsp3) is 0.333. The molecule has 1 aliphatic rings. The minimum absolute atomic E-state index is 0.124. The Morgan fingerprint density at radius 2 is 2.44 bits per heavy atom. The Labute approximate surface area is 95.9 Å². The van der Waals surface area contributed by atoms with Crippen molar-refractivity contribution in [1.82, 2.24) is 9.78 Å². The summed E-state index contributed by atoms with van der Waals surface area (Å²) in [6, 6.07) is 0. The fourth-order valence-corrected chi connectivity index (χ4v) is 1.56. The number of ether oxygens (including phenoxy) is 1. The Kier molecular flexibility index (Phi) is 2.74. The molecule has 0 radical (unpaired) electrons. The van der Waals surface area contributed by atoms with Crippen molar-refractivity contribution in [1.29, 1.82) is 0 Å². The van der Waals surface area contributed by atoms with E-state index >= 15 is 0 Å². The predicted molar refractivity (Wildman–Crippen MR) is 56.6 cm³/mol. The lowest BCUT2D eigenvalue weighted by Crippen LogP contribution is -2.22. The summed E-state index contributed by atoms with van der Waals surface area (Å²) in [4.78, 5) is 27.1. The highest BCUT2D eigenvalue weighted by molar-refractivity contribution is 6.31. The zero-order valence-corrected chi connectivity index (χ0v) is 9.19. The minimum atomic E-state index is -0.575. The summed E-state index contributed by atoms with van der Waals surface area (Å²) in [6.45, 7) is 0. The molecule has 16 heavy (non-hydrogen) atoms. The van der Waals surface area contributed by atoms with Gasteiger partial charge in [-0.1, -0.05) is 0 Å². The third kappa shape index (κ3) is 1.61. The average Bonchev–Trinajstić information content (AvgIpc) is 2.72. The molecule has 84 valence electrons. The number of aromatic nitrogens is 2. The molecule has 0 aromatic carbocycles. The first-order chi connectivity index (χ1) is 7.67. The van der Waals surface area contributed by atoms with Crippen LogP contribution in [0, 0.1) is 0 Å². The van der Waals surface area contributed by atoms with Crippen molar-refractivity contribution < 1.29 is 14.3 Å². The first-order valence-corrected chi connectivity index (χ1v) is 5.02. The molecule has 0 N–H and O–H groups in total. The molecule has 7 heteroatoms. The molecule has 0 spiro atoms. The van der Waals surface area contributed by atoms with Crippen molar-refractivity contribution in [3.8, 4) is 0 Å². The van der Waals surface area contributed by atoms with E-state index in [-0.39, 0.29) is 29.6 Å². The van der Waals surface area contributed by atoms with Crippen molar-refractivity contribution in [3.63, 3.8) is 0 Å². The van der Waals surface area contributed by atoms with E-state index in [1.54, 1.807) is 0 Å². The zero-order valence-electron chi connectivity index (χ0n) is 8.44. The smallest absolute Gasteiger partial charge is 0.343 e. The number of carbonyl (C=O) groups is 2. The van der Waals surface area contributed by atoms with Gasteiger partial charge in [0.05, 0.1) is 25.6 Å². The van der Waals surface area contributed by atoms with E-state index in [1.165, 1.54) is 13.3 Å². The number of alkyl halides is 1. The normalized spacial score (nSPS) is 14.4. The van der Waals surface area contributed by atoms with E-state index in [1.807, 2.05) is 0 Å². The summed E-state index contributed by atoms with van der Waals surface area (Å²) in [6.07, 6.45) is 1.39. The highest BCUT2D eigenvalue weighted by Crippen LogP contribution is 2.24. The average molecular weight is 242 g/mol. The second kappa shape index (κ2) is 4.05. The molecule has 0 saturated heterocycles. The minimum Gasteiger partial charge on any atom is -0.465 e. The van der Waals surface area contributed by atoms with Crippen LogP contribution in [0.15, 0.2) is 11.2 Å². The van der Waals surface area contributed by atoms with Crippen molar-refractivity contribution in [2.24, 2.45) is 4.99 Å². The lowest BCUT2D eigenvalue weighted by Gasteiger charge is -2.11. The molecule has 0 fully saturated rings. The third-order valence-electron chi connectivity index (χ3n) is 2.16. The van der Waals surface area contributed by atoms with E-state index in [0.29, 0.717) is 5.71 Å². The SMILES string of the molecule is COC(=O)c1cnn2c1N=C(CCl)CC2=O. The van der Waals surface area contributed by atoms with Gasteiger partial charge in [-0.2, -0.15) is 9.78 Å². The molecule has 2 rings (SSSR count). The summed E-state index contributed by atoms with van der Waals surface area (Å²) in [5.41, 5.74) is 0.683. The van der Waals surface area contributed by atoms with Gasteiger partial charge in [0.1, 0.15) is 5.56 Å². The van der Waals surface area contributed by atoms with E-state index < -0.39 is 5.97 Å². The molecule has 6 nitrogen and oxygen atoms in total. The standard InChI is InChI=1S/C9H8ClN3O3/c1-16-9(15)6-4-11-13-7(14)2-5(3-10)12-8(6)13/h4H,2-3H2,1H3. The van der Waals surface area contributed by atoms with Gasteiger partial charge >= 0.3 is 5.97 Å². The van der Waals surface area contributed by atoms with Crippen LogP contribution in [0.1, 0.15) is 21.6 Å². The van der Waals surface area contributed by atoms with Gasteiger partial charge in [-0.3, -0.25) is 4.79 Å². The van der Waals surface area contributed by atoms with Crippen LogP contribution in [0.2, 0.25) is 0 Å². The van der Waals surface area contributed by atoms with Gasteiger partial charge in [0.2, 0.25) is 0 Å². The summed E-state index contributed by atoms with van der Waals surface area (Å²) in [7, 11) is 1.25. The molecule has 0 amide bonds. The predicted octanol–water partition coefficient (Wildman–Crippen LogP) is 1.02. The number of esters is 1. The first-order valence-electron chi connectivity index (χ1n) is 4.49. The van der Waals surface area contributed by atoms with Gasteiger partial charge in [0, 0.05) is 5.71 Å². The van der Waals surface area contributed by atoms with Gasteiger partial charge in [-0.25, -0.2) is 9.79 Å². The topological polar surface area (TPSA) is 73.5 Å². The van der Waals surface area contributed by atoms with Gasteiger partial charge in [-0.15, -0.1) is 11.6 Å². The number of carbonyl (C=O) groups excluding carboxylic acids is 2. The van der Waals surface area contributed by atoms with Crippen LogP contribution >= 0.6 is 11.6 Å². The number of hydrogen-bond donors (Lipinski definition) is 0. The lowest BCUT2D eigenvalue weighted by molar-refractivity contribution is 0.0602. The Bertz CT molecular complexity index is 492. The molecular weight excluding hydrogens is 234 g/mol. The quantitative estimate of drug-likeness (QED) is 0.572. The van der Waals surface area contributed by atoms with Crippen LogP contribution in [0.3, 0.4) is 0 Å². The lowest BCUT2D eigenvalue weighted by atomic mass is 10.2. The van der Waals surface area contributed by atoms with Crippen LogP contribution < -0.4 is 0 Å². The Hall–Kier alpha value is -1.69. The third-order valence-corrected chi connectivity index (χ3v) is 2.47. The van der Waals surface area contributed by atoms with Gasteiger partial charge in [0.15, 0.2) is 5.82 Å². The maximum absolute atomic E-state index is 11.6. The largest absolute Gasteiger partial charge is 0.465 e. The molecule has 0 saturated carbocycles. The van der Waals surface area contributed by atoms with Crippen molar-refractivity contribution >= 4 is 35.0 Å².